The van der Waals surface area contributed by atoms with E-state index in [1.54, 1.807) is 12.1 Å². The largest absolute Gasteiger partial charge is 0.292 e. The van der Waals surface area contributed by atoms with Crippen molar-refractivity contribution in [2.45, 2.75) is 6.92 Å². The van der Waals surface area contributed by atoms with Crippen LogP contribution in [-0.2, 0) is 0 Å². The Labute approximate surface area is 127 Å². The molecule has 3 heterocycles. The average Bonchev–Trinajstić information content (AvgIpc) is 2.97. The first-order chi connectivity index (χ1) is 10.6. The van der Waals surface area contributed by atoms with E-state index in [1.165, 1.54) is 4.52 Å². The van der Waals surface area contributed by atoms with Gasteiger partial charge in [0.25, 0.3) is 17.4 Å². The number of carbonyl (C=O) groups is 2. The molecule has 3 aromatic rings. The molecule has 1 aliphatic rings. The normalized spacial score (nSPS) is 14.0. The average molecular weight is 312 g/mol. The fourth-order valence-electron chi connectivity index (χ4n) is 2.34. The summed E-state index contributed by atoms with van der Waals surface area (Å²) in [7, 11) is 0. The van der Waals surface area contributed by atoms with Crippen molar-refractivity contribution < 1.29 is 9.59 Å². The van der Waals surface area contributed by atoms with Crippen molar-refractivity contribution in [1.29, 1.82) is 0 Å². The van der Waals surface area contributed by atoms with Crippen LogP contribution in [-0.4, -0.2) is 26.4 Å². The zero-order valence-electron chi connectivity index (χ0n) is 11.3. The van der Waals surface area contributed by atoms with Crippen LogP contribution in [0.4, 0.5) is 5.69 Å². The van der Waals surface area contributed by atoms with Gasteiger partial charge in [0, 0.05) is 0 Å². The van der Waals surface area contributed by atoms with Crippen LogP contribution in [0.1, 0.15) is 25.7 Å². The molecule has 0 saturated heterocycles. The number of aromatic nitrogens is 3. The number of imide groups is 1. The van der Waals surface area contributed by atoms with E-state index in [0.717, 1.165) is 28.0 Å². The van der Waals surface area contributed by atoms with Crippen molar-refractivity contribution in [3.8, 4) is 0 Å². The molecule has 1 aromatic carbocycles. The minimum atomic E-state index is -0.504. The number of benzene rings is 1. The van der Waals surface area contributed by atoms with E-state index in [1.807, 2.05) is 19.1 Å². The third-order valence-corrected chi connectivity index (χ3v) is 4.40. The third-order valence-electron chi connectivity index (χ3n) is 3.39. The van der Waals surface area contributed by atoms with Crippen molar-refractivity contribution in [2.75, 3.05) is 4.90 Å². The van der Waals surface area contributed by atoms with Gasteiger partial charge in [0.1, 0.15) is 11.1 Å². The highest BCUT2D eigenvalue weighted by Gasteiger charge is 2.41. The molecule has 1 aliphatic heterocycles. The van der Waals surface area contributed by atoms with Gasteiger partial charge in [0.2, 0.25) is 4.96 Å². The van der Waals surface area contributed by atoms with Gasteiger partial charge in [0.15, 0.2) is 5.69 Å². The summed E-state index contributed by atoms with van der Waals surface area (Å²) in [6.07, 6.45) is 1.02. The summed E-state index contributed by atoms with van der Waals surface area (Å²) in [4.78, 5) is 41.7. The van der Waals surface area contributed by atoms with Crippen LogP contribution in [0.15, 0.2) is 35.3 Å². The Morgan fingerprint density at radius 3 is 2.50 bits per heavy atom. The fraction of sp³-hybridized carbons (Fsp3) is 0.0714. The molecule has 0 radical (unpaired) electrons. The fourth-order valence-corrected chi connectivity index (χ4v) is 3.34. The second-order valence-electron chi connectivity index (χ2n) is 4.85. The van der Waals surface area contributed by atoms with Crippen LogP contribution < -0.4 is 10.5 Å². The topological polar surface area (TPSA) is 84.6 Å². The molecule has 0 N–H and O–H groups in total. The first-order valence-corrected chi connectivity index (χ1v) is 7.22. The molecule has 0 fully saturated rings. The minimum absolute atomic E-state index is 0.151. The first kappa shape index (κ1) is 12.8. The lowest BCUT2D eigenvalue weighted by molar-refractivity contribution is 0.0924. The summed E-state index contributed by atoms with van der Waals surface area (Å²) in [5.74, 6) is -0.887. The van der Waals surface area contributed by atoms with Crippen molar-refractivity contribution in [1.82, 2.24) is 14.6 Å². The number of carbonyl (C=O) groups excluding carboxylic acids is 2. The van der Waals surface area contributed by atoms with Gasteiger partial charge in [-0.25, -0.2) is 4.90 Å². The highest BCUT2D eigenvalue weighted by atomic mass is 32.1. The molecule has 8 heteroatoms. The second kappa shape index (κ2) is 4.31. The van der Waals surface area contributed by atoms with Gasteiger partial charge in [0.05, 0.1) is 5.69 Å². The van der Waals surface area contributed by atoms with Crippen molar-refractivity contribution in [2.24, 2.45) is 0 Å². The monoisotopic (exact) mass is 312 g/mol. The van der Waals surface area contributed by atoms with E-state index in [4.69, 9.17) is 0 Å². The van der Waals surface area contributed by atoms with E-state index in [2.05, 4.69) is 10.1 Å². The summed E-state index contributed by atoms with van der Waals surface area (Å²) in [6, 6.07) is 7.10. The Balaban J connectivity index is 1.90. The van der Waals surface area contributed by atoms with Gasteiger partial charge >= 0.3 is 0 Å². The van der Waals surface area contributed by atoms with E-state index < -0.39 is 17.4 Å². The lowest BCUT2D eigenvalue weighted by Crippen LogP contribution is -2.30. The van der Waals surface area contributed by atoms with Gasteiger partial charge in [-0.05, 0) is 19.1 Å². The zero-order chi connectivity index (χ0) is 15.4. The number of hydrogen-bond donors (Lipinski definition) is 0. The number of rotatable bonds is 1. The number of anilines is 1. The summed E-state index contributed by atoms with van der Waals surface area (Å²) >= 11 is 0.991. The molecular weight excluding hydrogens is 304 g/mol. The Hall–Kier alpha value is -2.87. The minimum Gasteiger partial charge on any atom is -0.267 e. The number of aryl methyl sites for hydroxylation is 1. The number of nitrogens with zero attached hydrogens (tertiary/aromatic N) is 4. The first-order valence-electron chi connectivity index (χ1n) is 6.40. The number of amides is 2. The Morgan fingerprint density at radius 2 is 1.77 bits per heavy atom. The number of thiazole rings is 1. The number of fused-ring (bicyclic) bond motifs is 3. The highest BCUT2D eigenvalue weighted by molar-refractivity contribution is 7.19. The molecule has 0 bridgehead atoms. The molecule has 22 heavy (non-hydrogen) atoms. The SMILES string of the molecule is Cc1ccc(N2C(=O)c3sc4nc(=O)cnn4c3C2=O)cc1. The maximum atomic E-state index is 12.6. The Kier molecular flexibility index (Phi) is 2.52. The van der Waals surface area contributed by atoms with E-state index in [0.29, 0.717) is 5.69 Å². The van der Waals surface area contributed by atoms with Gasteiger partial charge < -0.3 is 0 Å². The highest BCUT2D eigenvalue weighted by Crippen LogP contribution is 2.32. The molecule has 2 amide bonds. The second-order valence-corrected chi connectivity index (χ2v) is 5.83. The Bertz CT molecular complexity index is 1000. The number of hydrogen-bond acceptors (Lipinski definition) is 6. The van der Waals surface area contributed by atoms with Gasteiger partial charge in [-0.15, -0.1) is 0 Å². The van der Waals surface area contributed by atoms with Crippen molar-refractivity contribution in [3.05, 3.63) is 57.0 Å². The van der Waals surface area contributed by atoms with Crippen LogP contribution in [0.5, 0.6) is 0 Å². The maximum Gasteiger partial charge on any atom is 0.292 e. The molecule has 0 aliphatic carbocycles. The third kappa shape index (κ3) is 1.64. The van der Waals surface area contributed by atoms with Crippen LogP contribution >= 0.6 is 11.3 Å². The molecule has 7 nitrogen and oxygen atoms in total. The van der Waals surface area contributed by atoms with E-state index in [9.17, 15) is 14.4 Å². The van der Waals surface area contributed by atoms with Gasteiger partial charge in [-0.1, -0.05) is 29.0 Å². The van der Waals surface area contributed by atoms with Crippen molar-refractivity contribution >= 4 is 33.8 Å². The van der Waals surface area contributed by atoms with E-state index >= 15 is 0 Å². The molecule has 0 atom stereocenters. The summed E-state index contributed by atoms with van der Waals surface area (Å²) in [5.41, 5.74) is 1.19. The maximum absolute atomic E-state index is 12.6. The summed E-state index contributed by atoms with van der Waals surface area (Å²) in [6.45, 7) is 1.92. The van der Waals surface area contributed by atoms with Crippen LogP contribution in [0, 0.1) is 6.92 Å². The summed E-state index contributed by atoms with van der Waals surface area (Å²) < 4.78 is 1.25. The van der Waals surface area contributed by atoms with E-state index in [-0.39, 0.29) is 15.5 Å². The lowest BCUT2D eigenvalue weighted by atomic mass is 10.2. The molecule has 0 saturated carbocycles. The van der Waals surface area contributed by atoms with Crippen molar-refractivity contribution in [3.63, 3.8) is 0 Å². The summed E-state index contributed by atoms with van der Waals surface area (Å²) in [5, 5.41) is 3.89. The van der Waals surface area contributed by atoms with Gasteiger partial charge in [-0.3, -0.25) is 14.4 Å². The molecular formula is C14H8N4O3S. The van der Waals surface area contributed by atoms with Crippen LogP contribution in [0.2, 0.25) is 0 Å². The molecule has 0 unspecified atom stereocenters. The van der Waals surface area contributed by atoms with Crippen LogP contribution in [0.3, 0.4) is 0 Å². The molecule has 0 spiro atoms. The van der Waals surface area contributed by atoms with Gasteiger partial charge in [-0.2, -0.15) is 14.6 Å². The molecule has 2 aromatic heterocycles. The predicted molar refractivity (Wildman–Crippen MR) is 79.5 cm³/mol. The van der Waals surface area contributed by atoms with Crippen LogP contribution in [0.25, 0.3) is 4.96 Å². The Morgan fingerprint density at radius 1 is 1.05 bits per heavy atom. The lowest BCUT2D eigenvalue weighted by Gasteiger charge is -2.14. The smallest absolute Gasteiger partial charge is 0.267 e. The molecule has 4 rings (SSSR count). The quantitative estimate of drug-likeness (QED) is 0.632. The standard InChI is InChI=1S/C14H8N4O3S/c1-7-2-4-8(5-3-7)17-12(20)10-11(13(17)21)22-14-16-9(19)6-15-18(10)14/h2-6H,1H3. The zero-order valence-corrected chi connectivity index (χ0v) is 12.1. The molecule has 108 valence electrons. The predicted octanol–water partition coefficient (Wildman–Crippen LogP) is 1.26.